The van der Waals surface area contributed by atoms with Gasteiger partial charge in [-0.2, -0.15) is 0 Å². The van der Waals surface area contributed by atoms with Gasteiger partial charge in [0, 0.05) is 7.05 Å². The van der Waals surface area contributed by atoms with Crippen LogP contribution in [0.1, 0.15) is 29.5 Å². The molecule has 0 bridgehead atoms. The van der Waals surface area contributed by atoms with Gasteiger partial charge in [-0.15, -0.1) is 10.2 Å². The van der Waals surface area contributed by atoms with Crippen molar-refractivity contribution in [3.8, 4) is 5.75 Å². The number of aromatic nitrogens is 3. The molecular weight excluding hydrogens is 230 g/mol. The van der Waals surface area contributed by atoms with E-state index >= 15 is 0 Å². The van der Waals surface area contributed by atoms with E-state index < -0.39 is 0 Å². The zero-order valence-electron chi connectivity index (χ0n) is 10.2. The summed E-state index contributed by atoms with van der Waals surface area (Å²) >= 11 is 0. The van der Waals surface area contributed by atoms with Crippen molar-refractivity contribution in [1.29, 1.82) is 0 Å². The third kappa shape index (κ3) is 1.97. The Bertz CT molecular complexity index is 565. The number of hydrogen-bond donors (Lipinski definition) is 1. The van der Waals surface area contributed by atoms with Crippen molar-refractivity contribution in [2.24, 2.45) is 7.05 Å². The Kier molecular flexibility index (Phi) is 2.76. The van der Waals surface area contributed by atoms with Crippen LogP contribution >= 0.6 is 0 Å². The normalized spacial score (nSPS) is 17.8. The topological polar surface area (TPSA) is 60.2 Å². The molecule has 0 spiro atoms. The largest absolute Gasteiger partial charge is 0.486 e. The lowest BCUT2D eigenvalue weighted by Crippen LogP contribution is -2.03. The molecule has 2 aromatic rings. The monoisotopic (exact) mass is 245 g/mol. The number of nitrogens with zero attached hydrogens (tertiary/aromatic N) is 3. The molecule has 1 aliphatic rings. The number of aliphatic hydroxyl groups is 1. The molecule has 0 saturated carbocycles. The minimum atomic E-state index is -0.312. The van der Waals surface area contributed by atoms with Crippen LogP contribution in [0.2, 0.25) is 0 Å². The van der Waals surface area contributed by atoms with Gasteiger partial charge in [0.2, 0.25) is 0 Å². The van der Waals surface area contributed by atoms with Crippen LogP contribution in [0.15, 0.2) is 24.5 Å². The molecule has 0 amide bonds. The molecule has 18 heavy (non-hydrogen) atoms. The molecule has 0 saturated heterocycles. The average molecular weight is 245 g/mol. The molecule has 0 unspecified atom stereocenters. The van der Waals surface area contributed by atoms with E-state index in [9.17, 15) is 5.11 Å². The smallest absolute Gasteiger partial charge is 0.170 e. The molecule has 1 atom stereocenters. The van der Waals surface area contributed by atoms with Crippen LogP contribution in [-0.4, -0.2) is 19.9 Å². The lowest BCUT2D eigenvalue weighted by Gasteiger charge is -2.08. The van der Waals surface area contributed by atoms with Gasteiger partial charge in [0.05, 0.1) is 6.10 Å². The zero-order chi connectivity index (χ0) is 12.5. The molecule has 94 valence electrons. The Morgan fingerprint density at radius 2 is 2.39 bits per heavy atom. The third-order valence-corrected chi connectivity index (χ3v) is 3.33. The minimum Gasteiger partial charge on any atom is -0.486 e. The number of benzene rings is 1. The van der Waals surface area contributed by atoms with Crippen LogP contribution in [0.4, 0.5) is 0 Å². The van der Waals surface area contributed by atoms with Gasteiger partial charge in [0.15, 0.2) is 5.82 Å². The lowest BCUT2D eigenvalue weighted by atomic mass is 10.1. The highest BCUT2D eigenvalue weighted by Gasteiger charge is 2.20. The van der Waals surface area contributed by atoms with Crippen molar-refractivity contribution in [3.05, 3.63) is 41.5 Å². The predicted octanol–water partition coefficient (Wildman–Crippen LogP) is 1.37. The molecule has 5 heteroatoms. The van der Waals surface area contributed by atoms with Crippen molar-refractivity contribution >= 4 is 0 Å². The van der Waals surface area contributed by atoms with Crippen molar-refractivity contribution in [3.63, 3.8) is 0 Å². The summed E-state index contributed by atoms with van der Waals surface area (Å²) in [4.78, 5) is 0. The van der Waals surface area contributed by atoms with E-state index in [1.807, 2.05) is 29.8 Å². The number of aliphatic hydroxyl groups excluding tert-OH is 1. The number of ether oxygens (including phenoxy) is 1. The maximum Gasteiger partial charge on any atom is 0.170 e. The van der Waals surface area contributed by atoms with Gasteiger partial charge in [-0.25, -0.2) is 0 Å². The second-order valence-electron chi connectivity index (χ2n) is 4.56. The van der Waals surface area contributed by atoms with E-state index in [2.05, 4.69) is 10.2 Å². The summed E-state index contributed by atoms with van der Waals surface area (Å²) in [6.07, 6.45) is 3.06. The van der Waals surface area contributed by atoms with E-state index in [1.54, 1.807) is 6.33 Å². The Balaban J connectivity index is 1.73. The molecule has 0 aliphatic heterocycles. The highest BCUT2D eigenvalue weighted by atomic mass is 16.5. The molecule has 1 aliphatic carbocycles. The summed E-state index contributed by atoms with van der Waals surface area (Å²) in [6.45, 7) is 0.401. The third-order valence-electron chi connectivity index (χ3n) is 3.33. The molecular formula is C13H15N3O2. The zero-order valence-corrected chi connectivity index (χ0v) is 10.2. The number of fused-ring (bicyclic) bond motifs is 1. The molecule has 1 aromatic carbocycles. The van der Waals surface area contributed by atoms with Gasteiger partial charge in [-0.05, 0) is 36.1 Å². The molecule has 3 rings (SSSR count). The summed E-state index contributed by atoms with van der Waals surface area (Å²) in [5.41, 5.74) is 2.21. The van der Waals surface area contributed by atoms with Crippen molar-refractivity contribution in [2.75, 3.05) is 0 Å². The second kappa shape index (κ2) is 4.42. The van der Waals surface area contributed by atoms with Crippen LogP contribution < -0.4 is 4.74 Å². The Morgan fingerprint density at radius 1 is 1.50 bits per heavy atom. The van der Waals surface area contributed by atoms with Crippen molar-refractivity contribution < 1.29 is 9.84 Å². The van der Waals surface area contributed by atoms with E-state index in [0.717, 1.165) is 30.0 Å². The second-order valence-corrected chi connectivity index (χ2v) is 4.56. The van der Waals surface area contributed by atoms with E-state index in [0.29, 0.717) is 6.61 Å². The number of aryl methyl sites for hydroxylation is 2. The minimum absolute atomic E-state index is 0.312. The maximum atomic E-state index is 9.73. The van der Waals surface area contributed by atoms with Crippen molar-refractivity contribution in [1.82, 2.24) is 14.8 Å². The van der Waals surface area contributed by atoms with Crippen LogP contribution in [0.3, 0.4) is 0 Å². The van der Waals surface area contributed by atoms with E-state index in [-0.39, 0.29) is 6.10 Å². The summed E-state index contributed by atoms with van der Waals surface area (Å²) in [5, 5.41) is 17.5. The SMILES string of the molecule is Cn1cnnc1COc1ccc2c(c1)CC[C@@H]2O. The number of rotatable bonds is 3. The Labute approximate surface area is 105 Å². The maximum absolute atomic E-state index is 9.73. The predicted molar refractivity (Wildman–Crippen MR) is 65.1 cm³/mol. The molecule has 1 heterocycles. The van der Waals surface area contributed by atoms with Crippen LogP contribution in [0, 0.1) is 0 Å². The standard InChI is InChI=1S/C13H15N3O2/c1-16-8-14-15-13(16)7-18-10-3-4-11-9(6-10)2-5-12(11)17/h3-4,6,8,12,17H,2,5,7H2,1H3/t12-/m0/s1. The quantitative estimate of drug-likeness (QED) is 0.887. The highest BCUT2D eigenvalue weighted by molar-refractivity contribution is 5.39. The number of hydrogen-bond acceptors (Lipinski definition) is 4. The van der Waals surface area contributed by atoms with Crippen molar-refractivity contribution in [2.45, 2.75) is 25.6 Å². The van der Waals surface area contributed by atoms with Gasteiger partial charge in [-0.3, -0.25) is 0 Å². The van der Waals surface area contributed by atoms with Gasteiger partial charge in [0.1, 0.15) is 18.7 Å². The molecule has 0 fully saturated rings. The first kappa shape index (κ1) is 11.2. The Hall–Kier alpha value is -1.88. The van der Waals surface area contributed by atoms with Crippen LogP contribution in [0.5, 0.6) is 5.75 Å². The summed E-state index contributed by atoms with van der Waals surface area (Å²) in [7, 11) is 1.89. The Morgan fingerprint density at radius 3 is 3.17 bits per heavy atom. The first-order valence-corrected chi connectivity index (χ1v) is 6.00. The van der Waals surface area contributed by atoms with Crippen LogP contribution in [0.25, 0.3) is 0 Å². The highest BCUT2D eigenvalue weighted by Crippen LogP contribution is 2.33. The summed E-state index contributed by atoms with van der Waals surface area (Å²) < 4.78 is 7.52. The summed E-state index contributed by atoms with van der Waals surface area (Å²) in [6, 6.07) is 5.84. The van der Waals surface area contributed by atoms with Gasteiger partial charge < -0.3 is 14.4 Å². The van der Waals surface area contributed by atoms with Gasteiger partial charge in [0.25, 0.3) is 0 Å². The molecule has 1 aromatic heterocycles. The van der Waals surface area contributed by atoms with Crippen LogP contribution in [-0.2, 0) is 20.1 Å². The van der Waals surface area contributed by atoms with Gasteiger partial charge in [-0.1, -0.05) is 6.07 Å². The fraction of sp³-hybridized carbons (Fsp3) is 0.385. The van der Waals surface area contributed by atoms with E-state index in [1.165, 1.54) is 5.56 Å². The molecule has 1 N–H and O–H groups in total. The summed E-state index contributed by atoms with van der Waals surface area (Å²) in [5.74, 6) is 1.60. The lowest BCUT2D eigenvalue weighted by molar-refractivity contribution is 0.180. The fourth-order valence-electron chi connectivity index (χ4n) is 2.25. The molecule has 5 nitrogen and oxygen atoms in total. The molecule has 0 radical (unpaired) electrons. The average Bonchev–Trinajstić information content (AvgIpc) is 2.94. The van der Waals surface area contributed by atoms with Gasteiger partial charge >= 0.3 is 0 Å². The first-order chi connectivity index (χ1) is 8.74. The first-order valence-electron chi connectivity index (χ1n) is 6.00. The van der Waals surface area contributed by atoms with E-state index in [4.69, 9.17) is 4.74 Å². The fourth-order valence-corrected chi connectivity index (χ4v) is 2.25.